The number of carbonyl (C=O) groups excluding carboxylic acids is 1. The van der Waals surface area contributed by atoms with Crippen LogP contribution in [0.1, 0.15) is 41.1 Å². The first-order valence-corrected chi connectivity index (χ1v) is 12.1. The van der Waals surface area contributed by atoms with Gasteiger partial charge < -0.3 is 10.1 Å². The Morgan fingerprint density at radius 1 is 1.24 bits per heavy atom. The van der Waals surface area contributed by atoms with E-state index in [1.54, 1.807) is 19.2 Å². The van der Waals surface area contributed by atoms with E-state index in [0.29, 0.717) is 36.3 Å². The number of benzene rings is 2. The lowest BCUT2D eigenvalue weighted by molar-refractivity contribution is 0.0250. The number of hydrogen-bond donors (Lipinski definition) is 2. The van der Waals surface area contributed by atoms with Gasteiger partial charge in [0.25, 0.3) is 0 Å². The summed E-state index contributed by atoms with van der Waals surface area (Å²) < 4.78 is 61.1. The Labute approximate surface area is 189 Å². The molecule has 0 aliphatic carbocycles. The van der Waals surface area contributed by atoms with Crippen molar-refractivity contribution < 1.29 is 26.7 Å². The topological polar surface area (TPSA) is 110 Å². The molecule has 1 atom stereocenters. The molecule has 174 valence electrons. The fourth-order valence-corrected chi connectivity index (χ4v) is 4.68. The van der Waals surface area contributed by atoms with E-state index in [1.165, 1.54) is 12.1 Å². The van der Waals surface area contributed by atoms with E-state index < -0.39 is 38.7 Å². The van der Waals surface area contributed by atoms with Crippen LogP contribution >= 0.6 is 0 Å². The highest BCUT2D eigenvalue weighted by Gasteiger charge is 2.24. The maximum atomic E-state index is 15.0. The molecule has 1 aliphatic rings. The molecule has 1 aromatic heterocycles. The highest BCUT2D eigenvalue weighted by atomic mass is 32.2. The van der Waals surface area contributed by atoms with E-state index in [2.05, 4.69) is 20.0 Å². The summed E-state index contributed by atoms with van der Waals surface area (Å²) in [5.74, 6) is -3.54. The lowest BCUT2D eigenvalue weighted by Gasteiger charge is -2.22. The SMILES string of the molecule is CCCS(=O)(=O)Nc1ccc(F)c(C(=O)c2ccc3nc(C4CNCCO4)cnc3c2)c1F. The van der Waals surface area contributed by atoms with Gasteiger partial charge >= 0.3 is 0 Å². The van der Waals surface area contributed by atoms with Gasteiger partial charge in [-0.05, 0) is 36.8 Å². The van der Waals surface area contributed by atoms with Gasteiger partial charge in [-0.25, -0.2) is 22.2 Å². The summed E-state index contributed by atoms with van der Waals surface area (Å²) in [6.45, 7) is 3.58. The number of aromatic nitrogens is 2. The predicted octanol–water partition coefficient (Wildman–Crippen LogP) is 2.95. The van der Waals surface area contributed by atoms with Crippen molar-refractivity contribution in [2.24, 2.45) is 0 Å². The molecule has 2 N–H and O–H groups in total. The molecule has 0 saturated carbocycles. The van der Waals surface area contributed by atoms with Gasteiger partial charge in [0.15, 0.2) is 11.6 Å². The van der Waals surface area contributed by atoms with E-state index in [-0.39, 0.29) is 17.4 Å². The van der Waals surface area contributed by atoms with Gasteiger partial charge in [-0.15, -0.1) is 0 Å². The van der Waals surface area contributed by atoms with Gasteiger partial charge in [0.05, 0.1) is 46.5 Å². The number of fused-ring (bicyclic) bond motifs is 1. The van der Waals surface area contributed by atoms with Crippen LogP contribution in [0.4, 0.5) is 14.5 Å². The standard InChI is InChI=1S/C22H22F2N4O4S/c1-2-9-33(30,31)28-16-6-4-14(23)20(21(16)24)22(29)13-3-5-15-17(10-13)26-11-18(27-15)19-12-25-7-8-32-19/h3-6,10-11,19,25,28H,2,7-9,12H2,1H3. The first-order chi connectivity index (χ1) is 15.8. The number of ketones is 1. The van der Waals surface area contributed by atoms with Crippen molar-refractivity contribution in [3.8, 4) is 0 Å². The molecule has 8 nitrogen and oxygen atoms in total. The average Bonchev–Trinajstić information content (AvgIpc) is 2.80. The smallest absolute Gasteiger partial charge is 0.232 e. The zero-order valence-corrected chi connectivity index (χ0v) is 18.6. The molecule has 1 saturated heterocycles. The average molecular weight is 477 g/mol. The number of anilines is 1. The number of sulfonamides is 1. The molecule has 0 radical (unpaired) electrons. The van der Waals surface area contributed by atoms with Crippen molar-refractivity contribution in [1.82, 2.24) is 15.3 Å². The molecule has 3 aromatic rings. The quantitative estimate of drug-likeness (QED) is 0.505. The third-order valence-electron chi connectivity index (χ3n) is 5.14. The Balaban J connectivity index is 1.65. The fourth-order valence-electron chi connectivity index (χ4n) is 3.55. The van der Waals surface area contributed by atoms with E-state index in [9.17, 15) is 22.0 Å². The lowest BCUT2D eigenvalue weighted by Crippen LogP contribution is -2.33. The zero-order valence-electron chi connectivity index (χ0n) is 17.8. The summed E-state index contributed by atoms with van der Waals surface area (Å²) in [5.41, 5.74) is 0.162. The van der Waals surface area contributed by atoms with Crippen LogP contribution < -0.4 is 10.0 Å². The highest BCUT2D eigenvalue weighted by Crippen LogP contribution is 2.26. The van der Waals surface area contributed by atoms with Crippen LogP contribution in [0.5, 0.6) is 0 Å². The molecule has 11 heteroatoms. The van der Waals surface area contributed by atoms with E-state index in [1.807, 2.05) is 0 Å². The first-order valence-electron chi connectivity index (χ1n) is 10.4. The molecule has 4 rings (SSSR count). The second kappa shape index (κ2) is 9.46. The minimum Gasteiger partial charge on any atom is -0.369 e. The van der Waals surface area contributed by atoms with Crippen LogP contribution in [0.15, 0.2) is 36.5 Å². The van der Waals surface area contributed by atoms with Crippen LogP contribution in [0.2, 0.25) is 0 Å². The van der Waals surface area contributed by atoms with Gasteiger partial charge in [-0.2, -0.15) is 0 Å². The Bertz CT molecular complexity index is 1310. The van der Waals surface area contributed by atoms with E-state index >= 15 is 0 Å². The van der Waals surface area contributed by atoms with Crippen molar-refractivity contribution >= 4 is 32.5 Å². The summed E-state index contributed by atoms with van der Waals surface area (Å²) in [4.78, 5) is 21.8. The number of carbonyl (C=O) groups is 1. The Hall–Kier alpha value is -3.02. The van der Waals surface area contributed by atoms with Crippen LogP contribution in [0, 0.1) is 11.6 Å². The Morgan fingerprint density at radius 3 is 2.79 bits per heavy atom. The first kappa shape index (κ1) is 23.1. The minimum atomic E-state index is -3.83. The van der Waals surface area contributed by atoms with Crippen LogP contribution in [-0.2, 0) is 14.8 Å². The summed E-state index contributed by atoms with van der Waals surface area (Å²) >= 11 is 0. The van der Waals surface area contributed by atoms with Crippen molar-refractivity contribution in [2.75, 3.05) is 30.2 Å². The maximum Gasteiger partial charge on any atom is 0.232 e. The van der Waals surface area contributed by atoms with Crippen molar-refractivity contribution in [3.05, 3.63) is 65.0 Å². The molecule has 2 aromatic carbocycles. The minimum absolute atomic E-state index is 0.00787. The largest absolute Gasteiger partial charge is 0.369 e. The molecule has 1 aliphatic heterocycles. The van der Waals surface area contributed by atoms with E-state index in [0.717, 1.165) is 18.7 Å². The van der Waals surface area contributed by atoms with Gasteiger partial charge in [-0.1, -0.05) is 6.92 Å². The number of hydrogen-bond acceptors (Lipinski definition) is 7. The molecule has 2 heterocycles. The third kappa shape index (κ3) is 5.00. The molecule has 1 fully saturated rings. The fraction of sp³-hybridized carbons (Fsp3) is 0.318. The molecule has 0 bridgehead atoms. The van der Waals surface area contributed by atoms with Crippen LogP contribution in [0.25, 0.3) is 11.0 Å². The van der Waals surface area contributed by atoms with Crippen LogP contribution in [-0.4, -0.2) is 49.6 Å². The Morgan fingerprint density at radius 2 is 2.06 bits per heavy atom. The van der Waals surface area contributed by atoms with Gasteiger partial charge in [0.2, 0.25) is 10.0 Å². The molecular weight excluding hydrogens is 454 g/mol. The number of halogens is 2. The summed E-state index contributed by atoms with van der Waals surface area (Å²) in [6.07, 6.45) is 1.62. The molecule has 1 unspecified atom stereocenters. The number of ether oxygens (including phenoxy) is 1. The van der Waals surface area contributed by atoms with Crippen molar-refractivity contribution in [1.29, 1.82) is 0 Å². The molecular formula is C22H22F2N4O4S. The summed E-state index contributed by atoms with van der Waals surface area (Å²) in [7, 11) is -3.83. The zero-order chi connectivity index (χ0) is 23.6. The molecule has 0 amide bonds. The number of nitrogens with one attached hydrogen (secondary N) is 2. The third-order valence-corrected chi connectivity index (χ3v) is 6.61. The van der Waals surface area contributed by atoms with Gasteiger partial charge in [0, 0.05) is 18.7 Å². The lowest BCUT2D eigenvalue weighted by atomic mass is 10.0. The van der Waals surface area contributed by atoms with Crippen molar-refractivity contribution in [2.45, 2.75) is 19.4 Å². The monoisotopic (exact) mass is 476 g/mol. The highest BCUT2D eigenvalue weighted by molar-refractivity contribution is 7.92. The van der Waals surface area contributed by atoms with Gasteiger partial charge in [-0.3, -0.25) is 14.5 Å². The normalized spacial score (nSPS) is 16.6. The van der Waals surface area contributed by atoms with Crippen molar-refractivity contribution in [3.63, 3.8) is 0 Å². The second-order valence-electron chi connectivity index (χ2n) is 7.60. The van der Waals surface area contributed by atoms with Gasteiger partial charge in [0.1, 0.15) is 11.9 Å². The van der Waals surface area contributed by atoms with E-state index in [4.69, 9.17) is 4.74 Å². The number of rotatable bonds is 7. The Kier molecular flexibility index (Phi) is 6.63. The molecule has 0 spiro atoms. The maximum absolute atomic E-state index is 15.0. The van der Waals surface area contributed by atoms with Crippen LogP contribution in [0.3, 0.4) is 0 Å². The summed E-state index contributed by atoms with van der Waals surface area (Å²) in [5, 5.41) is 3.21. The number of morpholine rings is 1. The molecule has 33 heavy (non-hydrogen) atoms. The summed E-state index contributed by atoms with van der Waals surface area (Å²) in [6, 6.07) is 6.13. The number of nitrogens with zero attached hydrogens (tertiary/aromatic N) is 2. The predicted molar refractivity (Wildman–Crippen MR) is 119 cm³/mol. The second-order valence-corrected chi connectivity index (χ2v) is 9.44.